The summed E-state index contributed by atoms with van der Waals surface area (Å²) < 4.78 is 4.91. The second-order valence-electron chi connectivity index (χ2n) is 4.11. The summed E-state index contributed by atoms with van der Waals surface area (Å²) in [5.74, 6) is 5.55. The third kappa shape index (κ3) is 3.25. The number of nitrogens with zero attached hydrogens (tertiary/aromatic N) is 1. The summed E-state index contributed by atoms with van der Waals surface area (Å²) in [6, 6.07) is 7.19. The fourth-order valence-corrected chi connectivity index (χ4v) is 1.60. The Morgan fingerprint density at radius 1 is 1.45 bits per heavy atom. The van der Waals surface area contributed by atoms with Crippen LogP contribution < -0.4 is 5.32 Å². The molecule has 1 aromatic carbocycles. The minimum Gasteiger partial charge on any atom is -0.395 e. The lowest BCUT2D eigenvalue weighted by Crippen LogP contribution is -2.13. The molecule has 1 amide bonds. The molecule has 0 saturated carbocycles. The van der Waals surface area contributed by atoms with Crippen LogP contribution in [-0.4, -0.2) is 22.8 Å². The van der Waals surface area contributed by atoms with Gasteiger partial charge in [0.15, 0.2) is 0 Å². The van der Waals surface area contributed by atoms with Crippen molar-refractivity contribution in [2.75, 3.05) is 11.9 Å². The monoisotopic (exact) mass is 270 g/mol. The third-order valence-electron chi connectivity index (χ3n) is 2.59. The van der Waals surface area contributed by atoms with Gasteiger partial charge in [-0.05, 0) is 19.1 Å². The molecule has 0 fully saturated rings. The normalized spacial score (nSPS) is 9.70. The van der Waals surface area contributed by atoms with Gasteiger partial charge in [-0.25, -0.2) is 0 Å². The van der Waals surface area contributed by atoms with E-state index in [0.717, 1.165) is 0 Å². The first-order valence-electron chi connectivity index (χ1n) is 6.13. The largest absolute Gasteiger partial charge is 0.395 e. The van der Waals surface area contributed by atoms with Gasteiger partial charge >= 0.3 is 0 Å². The number of aromatic nitrogens is 1. The van der Waals surface area contributed by atoms with Crippen LogP contribution in [0.5, 0.6) is 0 Å². The van der Waals surface area contributed by atoms with Crippen molar-refractivity contribution in [3.05, 3.63) is 47.3 Å². The lowest BCUT2D eigenvalue weighted by Gasteiger charge is -2.05. The highest BCUT2D eigenvalue weighted by molar-refractivity contribution is 6.03. The third-order valence-corrected chi connectivity index (χ3v) is 2.59. The molecule has 1 aromatic heterocycles. The second-order valence-corrected chi connectivity index (χ2v) is 4.11. The van der Waals surface area contributed by atoms with E-state index in [0.29, 0.717) is 23.2 Å². The molecule has 0 radical (unpaired) electrons. The molecule has 102 valence electrons. The maximum absolute atomic E-state index is 12.0. The fourth-order valence-electron chi connectivity index (χ4n) is 1.60. The zero-order chi connectivity index (χ0) is 14.4. The van der Waals surface area contributed by atoms with Crippen molar-refractivity contribution < 1.29 is 14.4 Å². The van der Waals surface area contributed by atoms with Crippen LogP contribution in [0.1, 0.15) is 28.1 Å². The summed E-state index contributed by atoms with van der Waals surface area (Å²) in [7, 11) is 0. The number of anilines is 1. The molecule has 5 heteroatoms. The maximum atomic E-state index is 12.0. The van der Waals surface area contributed by atoms with Gasteiger partial charge in [0.2, 0.25) is 5.76 Å². The van der Waals surface area contributed by atoms with E-state index >= 15 is 0 Å². The van der Waals surface area contributed by atoms with Crippen molar-refractivity contribution in [1.29, 1.82) is 0 Å². The lowest BCUT2D eigenvalue weighted by molar-refractivity contribution is 0.0987. The molecule has 0 aliphatic rings. The standard InChI is InChI=1S/C15H14N2O3/c1-11-10-16-20-14(11)15(19)17-13-8-3-2-6-12(13)7-4-5-9-18/h2-3,6,8,10,18H,5,9H2,1H3,(H,17,19). The van der Waals surface area contributed by atoms with E-state index in [-0.39, 0.29) is 18.3 Å². The second kappa shape index (κ2) is 6.55. The molecular formula is C15H14N2O3. The number of carbonyl (C=O) groups excluding carboxylic acids is 1. The number of benzene rings is 1. The van der Waals surface area contributed by atoms with Crippen LogP contribution in [0.2, 0.25) is 0 Å². The molecule has 0 spiro atoms. The summed E-state index contributed by atoms with van der Waals surface area (Å²) in [6.07, 6.45) is 1.88. The van der Waals surface area contributed by atoms with E-state index in [1.807, 2.05) is 6.07 Å². The number of hydrogen-bond donors (Lipinski definition) is 2. The summed E-state index contributed by atoms with van der Waals surface area (Å²) in [6.45, 7) is 1.76. The number of amides is 1. The number of nitrogens with one attached hydrogen (secondary N) is 1. The van der Waals surface area contributed by atoms with Crippen molar-refractivity contribution in [1.82, 2.24) is 5.16 Å². The van der Waals surface area contributed by atoms with Gasteiger partial charge in [-0.15, -0.1) is 0 Å². The number of para-hydroxylation sites is 1. The summed E-state index contributed by atoms with van der Waals surface area (Å²) in [4.78, 5) is 12.0. The van der Waals surface area contributed by atoms with Crippen LogP contribution in [0.25, 0.3) is 0 Å². The first kappa shape index (κ1) is 13.8. The van der Waals surface area contributed by atoms with Crippen LogP contribution >= 0.6 is 0 Å². The van der Waals surface area contributed by atoms with Gasteiger partial charge in [0, 0.05) is 17.5 Å². The number of aliphatic hydroxyl groups excluding tert-OH is 1. The van der Waals surface area contributed by atoms with Crippen molar-refractivity contribution in [3.63, 3.8) is 0 Å². The van der Waals surface area contributed by atoms with Crippen LogP contribution in [0, 0.1) is 18.8 Å². The predicted molar refractivity (Wildman–Crippen MR) is 74.2 cm³/mol. The molecule has 0 aliphatic carbocycles. The average Bonchev–Trinajstić information content (AvgIpc) is 2.87. The summed E-state index contributed by atoms with van der Waals surface area (Å²) in [5, 5.41) is 15.0. The van der Waals surface area contributed by atoms with E-state index in [9.17, 15) is 4.79 Å². The average molecular weight is 270 g/mol. The van der Waals surface area contributed by atoms with Gasteiger partial charge in [-0.2, -0.15) is 0 Å². The highest BCUT2D eigenvalue weighted by atomic mass is 16.5. The first-order chi connectivity index (χ1) is 9.72. The van der Waals surface area contributed by atoms with Crippen molar-refractivity contribution >= 4 is 11.6 Å². The number of carbonyl (C=O) groups is 1. The molecule has 0 atom stereocenters. The smallest absolute Gasteiger partial charge is 0.294 e. The highest BCUT2D eigenvalue weighted by Gasteiger charge is 2.15. The predicted octanol–water partition coefficient (Wildman–Crippen LogP) is 1.97. The first-order valence-corrected chi connectivity index (χ1v) is 6.13. The Balaban J connectivity index is 2.20. The SMILES string of the molecule is Cc1cnoc1C(=O)Nc1ccccc1C#CCCO. The molecule has 2 aromatic rings. The number of aliphatic hydroxyl groups is 1. The van der Waals surface area contributed by atoms with Crippen LogP contribution in [0.3, 0.4) is 0 Å². The van der Waals surface area contributed by atoms with Crippen LogP contribution in [0.4, 0.5) is 5.69 Å². The molecule has 0 saturated heterocycles. The zero-order valence-electron chi connectivity index (χ0n) is 11.0. The van der Waals surface area contributed by atoms with Crippen molar-refractivity contribution in [2.45, 2.75) is 13.3 Å². The molecule has 1 heterocycles. The lowest BCUT2D eigenvalue weighted by atomic mass is 10.1. The number of hydrogen-bond acceptors (Lipinski definition) is 4. The van der Waals surface area contributed by atoms with Gasteiger partial charge in [0.1, 0.15) is 0 Å². The van der Waals surface area contributed by atoms with Gasteiger partial charge in [-0.1, -0.05) is 29.1 Å². The van der Waals surface area contributed by atoms with Crippen LogP contribution in [0.15, 0.2) is 35.0 Å². The Morgan fingerprint density at radius 2 is 2.25 bits per heavy atom. The van der Waals surface area contributed by atoms with Gasteiger partial charge in [-0.3, -0.25) is 4.79 Å². The highest BCUT2D eigenvalue weighted by Crippen LogP contribution is 2.16. The van der Waals surface area contributed by atoms with Crippen molar-refractivity contribution in [2.24, 2.45) is 0 Å². The number of aryl methyl sites for hydroxylation is 1. The fraction of sp³-hybridized carbons (Fsp3) is 0.200. The minimum atomic E-state index is -0.364. The van der Waals surface area contributed by atoms with E-state index in [2.05, 4.69) is 22.3 Å². The molecule has 2 N–H and O–H groups in total. The van der Waals surface area contributed by atoms with Crippen molar-refractivity contribution in [3.8, 4) is 11.8 Å². The molecule has 2 rings (SSSR count). The minimum absolute atomic E-state index is 0.0127. The molecule has 5 nitrogen and oxygen atoms in total. The molecule has 0 unspecified atom stereocenters. The van der Waals surface area contributed by atoms with E-state index in [4.69, 9.17) is 9.63 Å². The quantitative estimate of drug-likeness (QED) is 0.836. The topological polar surface area (TPSA) is 75.4 Å². The van der Waals surface area contributed by atoms with Gasteiger partial charge in [0.05, 0.1) is 18.5 Å². The molecule has 0 aliphatic heterocycles. The summed E-state index contributed by atoms with van der Waals surface area (Å²) >= 11 is 0. The molecular weight excluding hydrogens is 256 g/mol. The van der Waals surface area contributed by atoms with Crippen LogP contribution in [-0.2, 0) is 0 Å². The zero-order valence-corrected chi connectivity index (χ0v) is 11.0. The van der Waals surface area contributed by atoms with Gasteiger partial charge < -0.3 is 14.9 Å². The Labute approximate surface area is 116 Å². The van der Waals surface area contributed by atoms with E-state index in [1.165, 1.54) is 6.20 Å². The Hall–Kier alpha value is -2.58. The van der Waals surface area contributed by atoms with E-state index < -0.39 is 0 Å². The Kier molecular flexibility index (Phi) is 4.53. The van der Waals surface area contributed by atoms with Gasteiger partial charge in [0.25, 0.3) is 5.91 Å². The Bertz CT molecular complexity index is 665. The molecule has 20 heavy (non-hydrogen) atoms. The number of rotatable bonds is 3. The molecule has 0 bridgehead atoms. The maximum Gasteiger partial charge on any atom is 0.294 e. The van der Waals surface area contributed by atoms with E-state index in [1.54, 1.807) is 25.1 Å². The Morgan fingerprint density at radius 3 is 2.95 bits per heavy atom. The summed E-state index contributed by atoms with van der Waals surface area (Å²) in [5.41, 5.74) is 1.96.